The Bertz CT molecular complexity index is 834. The van der Waals surface area contributed by atoms with Crippen molar-refractivity contribution < 1.29 is 18.7 Å². The molecule has 4 rings (SSSR count). The molecule has 28 heavy (non-hydrogen) atoms. The third-order valence-electron chi connectivity index (χ3n) is 5.66. The molecule has 1 aromatic heterocycles. The second-order valence-electron chi connectivity index (χ2n) is 7.60. The first-order chi connectivity index (χ1) is 13.6. The van der Waals surface area contributed by atoms with Gasteiger partial charge in [0.2, 0.25) is 5.91 Å². The zero-order valence-corrected chi connectivity index (χ0v) is 16.0. The first-order valence-corrected chi connectivity index (χ1v) is 9.62. The van der Waals surface area contributed by atoms with Gasteiger partial charge in [-0.1, -0.05) is 0 Å². The molecule has 2 aliphatic heterocycles. The van der Waals surface area contributed by atoms with Crippen LogP contribution in [0.1, 0.15) is 25.0 Å². The summed E-state index contributed by atoms with van der Waals surface area (Å²) in [6, 6.07) is 10.7. The van der Waals surface area contributed by atoms with Crippen molar-refractivity contribution in [1.82, 2.24) is 9.80 Å². The van der Waals surface area contributed by atoms with Crippen molar-refractivity contribution >= 4 is 17.6 Å². The van der Waals surface area contributed by atoms with Crippen LogP contribution in [0.5, 0.6) is 5.75 Å². The second-order valence-corrected chi connectivity index (χ2v) is 7.60. The number of nitrogens with one attached hydrogen (secondary N) is 1. The first-order valence-electron chi connectivity index (χ1n) is 9.62. The number of amides is 3. The Morgan fingerprint density at radius 2 is 2.04 bits per heavy atom. The fourth-order valence-electron chi connectivity index (χ4n) is 4.08. The van der Waals surface area contributed by atoms with E-state index in [1.54, 1.807) is 28.2 Å². The Morgan fingerprint density at radius 1 is 1.21 bits per heavy atom. The van der Waals surface area contributed by atoms with Crippen LogP contribution in [0.4, 0.5) is 10.5 Å². The van der Waals surface area contributed by atoms with E-state index >= 15 is 0 Å². The fourth-order valence-corrected chi connectivity index (χ4v) is 4.08. The summed E-state index contributed by atoms with van der Waals surface area (Å²) in [6.07, 6.45) is 4.21. The van der Waals surface area contributed by atoms with E-state index in [0.29, 0.717) is 31.1 Å². The van der Waals surface area contributed by atoms with Crippen LogP contribution < -0.4 is 10.1 Å². The average molecular weight is 383 g/mol. The lowest BCUT2D eigenvalue weighted by Crippen LogP contribution is -2.49. The van der Waals surface area contributed by atoms with Crippen LogP contribution in [-0.2, 0) is 11.4 Å². The predicted octanol–water partition coefficient (Wildman–Crippen LogP) is 3.33. The van der Waals surface area contributed by atoms with Crippen molar-refractivity contribution in [2.45, 2.75) is 25.9 Å². The van der Waals surface area contributed by atoms with Gasteiger partial charge in [-0.25, -0.2) is 4.79 Å². The highest BCUT2D eigenvalue weighted by Gasteiger charge is 2.48. The molecular formula is C21H25N3O4. The lowest BCUT2D eigenvalue weighted by molar-refractivity contribution is -0.143. The van der Waals surface area contributed by atoms with Crippen LogP contribution >= 0.6 is 0 Å². The number of benzene rings is 1. The minimum atomic E-state index is -0.395. The number of rotatable bonds is 4. The zero-order valence-electron chi connectivity index (χ0n) is 16.0. The van der Waals surface area contributed by atoms with E-state index in [1.807, 2.05) is 31.3 Å². The van der Waals surface area contributed by atoms with Crippen LogP contribution in [0.25, 0.3) is 0 Å². The lowest BCUT2D eigenvalue weighted by Gasteiger charge is -2.37. The maximum Gasteiger partial charge on any atom is 0.321 e. The molecule has 7 nitrogen and oxygen atoms in total. The van der Waals surface area contributed by atoms with E-state index in [9.17, 15) is 9.59 Å². The Hall–Kier alpha value is -2.96. The third-order valence-corrected chi connectivity index (χ3v) is 5.66. The Kier molecular flexibility index (Phi) is 4.98. The van der Waals surface area contributed by atoms with Crippen LogP contribution in [0.3, 0.4) is 0 Å². The molecular weight excluding hydrogens is 358 g/mol. The van der Waals surface area contributed by atoms with E-state index in [4.69, 9.17) is 9.15 Å². The SMILES string of the molecule is CN1CCC[C@@]2(CCN(C(=O)Nc3ccc(OCc4ccco4)cc3)C2)C1=O. The Labute approximate surface area is 164 Å². The fraction of sp³-hybridized carbons (Fsp3) is 0.429. The molecule has 0 bridgehead atoms. The molecule has 0 radical (unpaired) electrons. The van der Waals surface area contributed by atoms with Crippen molar-refractivity contribution in [2.24, 2.45) is 5.41 Å². The number of carbonyl (C=O) groups is 2. The molecule has 1 aromatic carbocycles. The number of piperidine rings is 1. The molecule has 2 saturated heterocycles. The first kappa shape index (κ1) is 18.4. The van der Waals surface area contributed by atoms with Crippen LogP contribution in [-0.4, -0.2) is 48.4 Å². The van der Waals surface area contributed by atoms with Crippen LogP contribution in [0.2, 0.25) is 0 Å². The highest BCUT2D eigenvalue weighted by Crippen LogP contribution is 2.39. The smallest absolute Gasteiger partial charge is 0.321 e. The number of carbonyl (C=O) groups excluding carboxylic acids is 2. The highest BCUT2D eigenvalue weighted by molar-refractivity contribution is 5.91. The van der Waals surface area contributed by atoms with Gasteiger partial charge >= 0.3 is 6.03 Å². The maximum absolute atomic E-state index is 12.6. The minimum absolute atomic E-state index is 0.165. The van der Waals surface area contributed by atoms with Crippen molar-refractivity contribution in [1.29, 1.82) is 0 Å². The molecule has 7 heteroatoms. The van der Waals surface area contributed by atoms with Gasteiger partial charge in [-0.3, -0.25) is 4.79 Å². The molecule has 2 fully saturated rings. The van der Waals surface area contributed by atoms with Gasteiger partial charge in [-0.15, -0.1) is 0 Å². The van der Waals surface area contributed by atoms with Gasteiger partial charge in [0.15, 0.2) is 0 Å². The number of anilines is 1. The van der Waals surface area contributed by atoms with E-state index in [-0.39, 0.29) is 11.9 Å². The molecule has 148 valence electrons. The van der Waals surface area contributed by atoms with Gasteiger partial charge in [-0.2, -0.15) is 0 Å². The summed E-state index contributed by atoms with van der Waals surface area (Å²) >= 11 is 0. The van der Waals surface area contributed by atoms with Crippen molar-refractivity contribution in [3.8, 4) is 5.75 Å². The summed E-state index contributed by atoms with van der Waals surface area (Å²) in [5, 5.41) is 2.92. The van der Waals surface area contributed by atoms with E-state index in [0.717, 1.165) is 31.6 Å². The predicted molar refractivity (Wildman–Crippen MR) is 104 cm³/mol. The molecule has 0 saturated carbocycles. The lowest BCUT2D eigenvalue weighted by atomic mass is 9.78. The van der Waals surface area contributed by atoms with Crippen molar-refractivity contribution in [3.05, 3.63) is 48.4 Å². The number of ether oxygens (including phenoxy) is 1. The standard InChI is InChI=1S/C21H25N3O4/c1-23-11-3-9-21(19(23)25)10-12-24(15-21)20(26)22-16-5-7-17(8-6-16)28-14-18-4-2-13-27-18/h2,4-8,13H,3,9-12,14-15H2,1H3,(H,22,26)/t21-/m0/s1. The summed E-state index contributed by atoms with van der Waals surface area (Å²) in [6.45, 7) is 2.26. The van der Waals surface area contributed by atoms with E-state index in [2.05, 4.69) is 5.32 Å². The van der Waals surface area contributed by atoms with Crippen molar-refractivity contribution in [2.75, 3.05) is 32.0 Å². The number of likely N-dealkylation sites (tertiary alicyclic amines) is 2. The summed E-state index contributed by atoms with van der Waals surface area (Å²) in [7, 11) is 1.85. The van der Waals surface area contributed by atoms with E-state index < -0.39 is 5.41 Å². The average Bonchev–Trinajstić information content (AvgIpc) is 3.36. The van der Waals surface area contributed by atoms with Gasteiger partial charge in [0.25, 0.3) is 0 Å². The van der Waals surface area contributed by atoms with Crippen LogP contribution in [0.15, 0.2) is 47.1 Å². The monoisotopic (exact) mass is 383 g/mol. The largest absolute Gasteiger partial charge is 0.486 e. The molecule has 2 aromatic rings. The van der Waals surface area contributed by atoms with E-state index in [1.165, 1.54) is 0 Å². The summed E-state index contributed by atoms with van der Waals surface area (Å²) in [4.78, 5) is 28.8. The van der Waals surface area contributed by atoms with Gasteiger partial charge in [0.1, 0.15) is 18.1 Å². The van der Waals surface area contributed by atoms with Gasteiger partial charge in [-0.05, 0) is 55.7 Å². The molecule has 0 unspecified atom stereocenters. The summed E-state index contributed by atoms with van der Waals surface area (Å²) in [5.74, 6) is 1.63. The number of nitrogens with zero attached hydrogens (tertiary/aromatic N) is 2. The summed E-state index contributed by atoms with van der Waals surface area (Å²) < 4.78 is 10.9. The normalized spacial score (nSPS) is 22.0. The van der Waals surface area contributed by atoms with Gasteiger partial charge in [0.05, 0.1) is 11.7 Å². The molecule has 1 N–H and O–H groups in total. The number of hydrogen-bond donors (Lipinski definition) is 1. The summed E-state index contributed by atoms with van der Waals surface area (Å²) in [5.41, 5.74) is 0.303. The minimum Gasteiger partial charge on any atom is -0.486 e. The zero-order chi connectivity index (χ0) is 19.6. The number of hydrogen-bond acceptors (Lipinski definition) is 4. The van der Waals surface area contributed by atoms with Crippen molar-refractivity contribution in [3.63, 3.8) is 0 Å². The Balaban J connectivity index is 1.32. The topological polar surface area (TPSA) is 75.0 Å². The molecule has 1 spiro atoms. The highest BCUT2D eigenvalue weighted by atomic mass is 16.5. The number of furan rings is 1. The molecule has 0 aliphatic carbocycles. The second kappa shape index (κ2) is 7.58. The van der Waals surface area contributed by atoms with Gasteiger partial charge in [0, 0.05) is 32.4 Å². The quantitative estimate of drug-likeness (QED) is 0.879. The van der Waals surface area contributed by atoms with Crippen LogP contribution in [0, 0.1) is 5.41 Å². The molecule has 3 amide bonds. The molecule has 3 heterocycles. The van der Waals surface area contributed by atoms with Gasteiger partial charge < -0.3 is 24.3 Å². The maximum atomic E-state index is 12.6. The number of urea groups is 1. The third kappa shape index (κ3) is 3.69. The Morgan fingerprint density at radius 3 is 2.79 bits per heavy atom. The molecule has 1 atom stereocenters. The molecule has 2 aliphatic rings.